The number of amides is 1. The molecule has 0 fully saturated rings. The summed E-state index contributed by atoms with van der Waals surface area (Å²) in [5.41, 5.74) is 5.86. The summed E-state index contributed by atoms with van der Waals surface area (Å²) < 4.78 is 1.85. The number of carbonyl (C=O) groups is 1. The molecule has 2 heterocycles. The molecule has 0 bridgehead atoms. The number of nitrogens with one attached hydrogen (secondary N) is 2. The average Bonchev–Trinajstić information content (AvgIpc) is 2.94. The normalized spacial score (nSPS) is 10.4. The molecule has 0 saturated carbocycles. The third kappa shape index (κ3) is 2.25. The SMILES string of the molecule is CCn1cnnc1CNC(=O)c1cn[nH]c1N. The highest BCUT2D eigenvalue weighted by atomic mass is 16.1. The van der Waals surface area contributed by atoms with Gasteiger partial charge in [0.2, 0.25) is 0 Å². The van der Waals surface area contributed by atoms with Crippen LogP contribution >= 0.6 is 0 Å². The monoisotopic (exact) mass is 235 g/mol. The summed E-state index contributed by atoms with van der Waals surface area (Å²) in [4.78, 5) is 11.7. The van der Waals surface area contributed by atoms with Gasteiger partial charge in [0.1, 0.15) is 17.7 Å². The number of carbonyl (C=O) groups excluding carboxylic acids is 1. The van der Waals surface area contributed by atoms with E-state index >= 15 is 0 Å². The maximum Gasteiger partial charge on any atom is 0.257 e. The van der Waals surface area contributed by atoms with Gasteiger partial charge in [0.05, 0.1) is 12.7 Å². The highest BCUT2D eigenvalue weighted by Gasteiger charge is 2.12. The second-order valence-electron chi connectivity index (χ2n) is 3.41. The van der Waals surface area contributed by atoms with E-state index in [4.69, 9.17) is 5.73 Å². The fourth-order valence-corrected chi connectivity index (χ4v) is 1.41. The van der Waals surface area contributed by atoms with Crippen molar-refractivity contribution in [2.24, 2.45) is 0 Å². The van der Waals surface area contributed by atoms with Crippen LogP contribution in [0.25, 0.3) is 0 Å². The molecule has 0 radical (unpaired) electrons. The van der Waals surface area contributed by atoms with E-state index in [1.165, 1.54) is 6.20 Å². The van der Waals surface area contributed by atoms with Crippen molar-refractivity contribution in [1.29, 1.82) is 0 Å². The number of aromatic amines is 1. The van der Waals surface area contributed by atoms with Crippen molar-refractivity contribution < 1.29 is 4.79 Å². The number of nitrogen functional groups attached to an aromatic ring is 1. The van der Waals surface area contributed by atoms with Gasteiger partial charge in [0.15, 0.2) is 5.82 Å². The van der Waals surface area contributed by atoms with Crippen molar-refractivity contribution in [1.82, 2.24) is 30.3 Å². The molecule has 1 amide bonds. The Morgan fingerprint density at radius 1 is 1.65 bits per heavy atom. The fourth-order valence-electron chi connectivity index (χ4n) is 1.41. The van der Waals surface area contributed by atoms with E-state index in [9.17, 15) is 4.79 Å². The van der Waals surface area contributed by atoms with E-state index in [1.54, 1.807) is 6.33 Å². The third-order valence-electron chi connectivity index (χ3n) is 2.36. The van der Waals surface area contributed by atoms with Gasteiger partial charge in [0.25, 0.3) is 5.91 Å². The summed E-state index contributed by atoms with van der Waals surface area (Å²) in [6.45, 7) is 3.03. The Balaban J connectivity index is 1.99. The number of anilines is 1. The Morgan fingerprint density at radius 3 is 3.12 bits per heavy atom. The molecule has 0 atom stereocenters. The third-order valence-corrected chi connectivity index (χ3v) is 2.36. The van der Waals surface area contributed by atoms with E-state index in [-0.39, 0.29) is 11.7 Å². The standard InChI is InChI=1S/C9H13N7O/c1-2-16-5-13-14-7(16)4-11-9(17)6-3-12-15-8(6)10/h3,5H,2,4H2,1H3,(H,11,17)(H3,10,12,15). The molecular weight excluding hydrogens is 222 g/mol. The van der Waals surface area contributed by atoms with Crippen LogP contribution in [0.15, 0.2) is 12.5 Å². The first-order valence-corrected chi connectivity index (χ1v) is 5.16. The van der Waals surface area contributed by atoms with Crippen LogP contribution in [0.4, 0.5) is 5.82 Å². The van der Waals surface area contributed by atoms with Crippen molar-refractivity contribution in [3.8, 4) is 0 Å². The zero-order valence-electron chi connectivity index (χ0n) is 9.34. The molecule has 0 aliphatic carbocycles. The summed E-state index contributed by atoms with van der Waals surface area (Å²) >= 11 is 0. The number of nitrogens with two attached hydrogens (primary N) is 1. The zero-order chi connectivity index (χ0) is 12.3. The lowest BCUT2D eigenvalue weighted by Crippen LogP contribution is -2.25. The van der Waals surface area contributed by atoms with E-state index in [2.05, 4.69) is 25.7 Å². The molecule has 8 nitrogen and oxygen atoms in total. The van der Waals surface area contributed by atoms with Crippen LogP contribution in [-0.2, 0) is 13.1 Å². The van der Waals surface area contributed by atoms with E-state index in [0.29, 0.717) is 17.9 Å². The quantitative estimate of drug-likeness (QED) is 0.663. The van der Waals surface area contributed by atoms with E-state index in [0.717, 1.165) is 6.54 Å². The molecule has 90 valence electrons. The van der Waals surface area contributed by atoms with Crippen LogP contribution in [-0.4, -0.2) is 30.9 Å². The molecule has 0 saturated heterocycles. The summed E-state index contributed by atoms with van der Waals surface area (Å²) in [7, 11) is 0. The number of hydrogen-bond donors (Lipinski definition) is 3. The average molecular weight is 235 g/mol. The first kappa shape index (κ1) is 11.1. The highest BCUT2D eigenvalue weighted by molar-refractivity contribution is 5.97. The number of H-pyrrole nitrogens is 1. The molecule has 0 aromatic carbocycles. The summed E-state index contributed by atoms with van der Waals surface area (Å²) in [6.07, 6.45) is 3.00. The van der Waals surface area contributed by atoms with Crippen LogP contribution < -0.4 is 11.1 Å². The minimum Gasteiger partial charge on any atom is -0.383 e. The summed E-state index contributed by atoms with van der Waals surface area (Å²) in [6, 6.07) is 0. The fraction of sp³-hybridized carbons (Fsp3) is 0.333. The molecule has 2 aromatic heterocycles. The maximum atomic E-state index is 11.7. The van der Waals surface area contributed by atoms with Crippen molar-refractivity contribution in [2.45, 2.75) is 20.0 Å². The molecule has 8 heteroatoms. The molecule has 2 aromatic rings. The van der Waals surface area contributed by atoms with Gasteiger partial charge in [-0.15, -0.1) is 10.2 Å². The molecule has 0 unspecified atom stereocenters. The Kier molecular flexibility index (Phi) is 3.03. The number of rotatable bonds is 4. The Bertz CT molecular complexity index is 515. The molecule has 4 N–H and O–H groups in total. The summed E-state index contributed by atoms with van der Waals surface area (Å²) in [5.74, 6) is 0.657. The molecular formula is C9H13N7O. The second kappa shape index (κ2) is 4.64. The minimum absolute atomic E-state index is 0.249. The highest BCUT2D eigenvalue weighted by Crippen LogP contribution is 2.05. The van der Waals surface area contributed by atoms with Gasteiger partial charge in [0, 0.05) is 6.54 Å². The number of aryl methyl sites for hydroxylation is 1. The van der Waals surface area contributed by atoms with Gasteiger partial charge in [-0.05, 0) is 6.92 Å². The van der Waals surface area contributed by atoms with Crippen LogP contribution in [0.5, 0.6) is 0 Å². The minimum atomic E-state index is -0.290. The van der Waals surface area contributed by atoms with Crippen LogP contribution in [0, 0.1) is 0 Å². The van der Waals surface area contributed by atoms with Gasteiger partial charge in [-0.2, -0.15) is 5.10 Å². The Hall–Kier alpha value is -2.38. The topological polar surface area (TPSA) is 115 Å². The van der Waals surface area contributed by atoms with Gasteiger partial charge in [-0.25, -0.2) is 0 Å². The van der Waals surface area contributed by atoms with Gasteiger partial charge >= 0.3 is 0 Å². The van der Waals surface area contributed by atoms with Crippen molar-refractivity contribution in [3.05, 3.63) is 23.9 Å². The first-order chi connectivity index (χ1) is 8.22. The molecule has 0 aliphatic heterocycles. The van der Waals surface area contributed by atoms with E-state index in [1.807, 2.05) is 11.5 Å². The Labute approximate surface area is 97.2 Å². The van der Waals surface area contributed by atoms with Crippen LogP contribution in [0.3, 0.4) is 0 Å². The molecule has 0 spiro atoms. The predicted molar refractivity (Wildman–Crippen MR) is 59.9 cm³/mol. The van der Waals surface area contributed by atoms with Gasteiger partial charge in [-0.3, -0.25) is 9.89 Å². The van der Waals surface area contributed by atoms with Crippen molar-refractivity contribution in [2.75, 3.05) is 5.73 Å². The van der Waals surface area contributed by atoms with Gasteiger partial charge in [-0.1, -0.05) is 0 Å². The number of nitrogens with zero attached hydrogens (tertiary/aromatic N) is 4. The van der Waals surface area contributed by atoms with Crippen molar-refractivity contribution in [3.63, 3.8) is 0 Å². The lowest BCUT2D eigenvalue weighted by atomic mass is 10.3. The Morgan fingerprint density at radius 2 is 2.47 bits per heavy atom. The largest absolute Gasteiger partial charge is 0.383 e. The maximum absolute atomic E-state index is 11.7. The molecule has 17 heavy (non-hydrogen) atoms. The second-order valence-corrected chi connectivity index (χ2v) is 3.41. The van der Waals surface area contributed by atoms with Crippen LogP contribution in [0.2, 0.25) is 0 Å². The number of aromatic nitrogens is 5. The van der Waals surface area contributed by atoms with E-state index < -0.39 is 0 Å². The summed E-state index contributed by atoms with van der Waals surface area (Å²) in [5, 5.41) is 16.6. The van der Waals surface area contributed by atoms with Crippen LogP contribution in [0.1, 0.15) is 23.1 Å². The molecule has 2 rings (SSSR count). The molecule has 0 aliphatic rings. The lowest BCUT2D eigenvalue weighted by molar-refractivity contribution is 0.0950. The van der Waals surface area contributed by atoms with Gasteiger partial charge < -0.3 is 15.6 Å². The van der Waals surface area contributed by atoms with Crippen molar-refractivity contribution >= 4 is 11.7 Å². The zero-order valence-corrected chi connectivity index (χ0v) is 9.34. The smallest absolute Gasteiger partial charge is 0.257 e. The first-order valence-electron chi connectivity index (χ1n) is 5.16. The predicted octanol–water partition coefficient (Wildman–Crippen LogP) is -0.467. The lowest BCUT2D eigenvalue weighted by Gasteiger charge is -2.04. The number of hydrogen-bond acceptors (Lipinski definition) is 5.